The van der Waals surface area contributed by atoms with Gasteiger partial charge in [-0.3, -0.25) is 4.99 Å². The summed E-state index contributed by atoms with van der Waals surface area (Å²) in [5.41, 5.74) is 1.19. The van der Waals surface area contributed by atoms with Crippen LogP contribution >= 0.6 is 15.9 Å². The van der Waals surface area contributed by atoms with Crippen molar-refractivity contribution in [2.24, 2.45) is 10.9 Å². The highest BCUT2D eigenvalue weighted by Gasteiger charge is 2.26. The van der Waals surface area contributed by atoms with Crippen molar-refractivity contribution in [3.05, 3.63) is 28.7 Å². The predicted octanol–water partition coefficient (Wildman–Crippen LogP) is 3.39. The van der Waals surface area contributed by atoms with Crippen LogP contribution in [0.2, 0.25) is 0 Å². The van der Waals surface area contributed by atoms with Gasteiger partial charge in [-0.15, -0.1) is 0 Å². The second-order valence-corrected chi connectivity index (χ2v) is 6.74. The van der Waals surface area contributed by atoms with Crippen molar-refractivity contribution >= 4 is 27.6 Å². The van der Waals surface area contributed by atoms with Crippen LogP contribution in [0.1, 0.15) is 12.8 Å². The first-order chi connectivity index (χ1) is 11.4. The Balaban J connectivity index is 1.73. The predicted molar refractivity (Wildman–Crippen MR) is 94.5 cm³/mol. The van der Waals surface area contributed by atoms with Gasteiger partial charge in [0.1, 0.15) is 0 Å². The Morgan fingerprint density at radius 3 is 2.62 bits per heavy atom. The topological polar surface area (TPSA) is 39.7 Å². The van der Waals surface area contributed by atoms with Gasteiger partial charge in [-0.2, -0.15) is 13.2 Å². The average molecular weight is 407 g/mol. The highest BCUT2D eigenvalue weighted by molar-refractivity contribution is 9.10. The first-order valence-electron chi connectivity index (χ1n) is 7.89. The van der Waals surface area contributed by atoms with E-state index in [4.69, 9.17) is 0 Å². The number of nitrogens with zero attached hydrogens (tertiary/aromatic N) is 2. The quantitative estimate of drug-likeness (QED) is 0.581. The molecule has 0 aromatic heterocycles. The molecule has 0 spiro atoms. The molecule has 1 fully saturated rings. The van der Waals surface area contributed by atoms with E-state index in [9.17, 15) is 13.2 Å². The molecular formula is C16H22BrF3N4. The van der Waals surface area contributed by atoms with E-state index < -0.39 is 12.6 Å². The minimum atomic E-state index is -4.15. The van der Waals surface area contributed by atoms with Gasteiger partial charge in [0.05, 0.1) is 6.42 Å². The van der Waals surface area contributed by atoms with Crippen LogP contribution < -0.4 is 15.5 Å². The van der Waals surface area contributed by atoms with Gasteiger partial charge in [0.15, 0.2) is 5.96 Å². The number of nitrogens with one attached hydrogen (secondary N) is 2. The smallest absolute Gasteiger partial charge is 0.371 e. The molecule has 4 nitrogen and oxygen atoms in total. The third-order valence-corrected chi connectivity index (χ3v) is 4.49. The summed E-state index contributed by atoms with van der Waals surface area (Å²) in [6.45, 7) is 2.43. The summed E-state index contributed by atoms with van der Waals surface area (Å²) in [5, 5.41) is 5.82. The zero-order valence-corrected chi connectivity index (χ0v) is 15.1. The SMILES string of the molecule is CN=C(NCCC(F)(F)F)NCC1CCN(c2ccc(Br)cc2)C1. The Morgan fingerprint density at radius 2 is 2.00 bits per heavy atom. The minimum absolute atomic E-state index is 0.168. The fourth-order valence-electron chi connectivity index (χ4n) is 2.67. The third kappa shape index (κ3) is 6.22. The molecule has 8 heteroatoms. The number of hydrogen-bond donors (Lipinski definition) is 2. The fraction of sp³-hybridized carbons (Fsp3) is 0.562. The van der Waals surface area contributed by atoms with E-state index in [1.807, 2.05) is 12.1 Å². The van der Waals surface area contributed by atoms with E-state index in [2.05, 4.69) is 48.6 Å². The van der Waals surface area contributed by atoms with Gasteiger partial charge in [-0.25, -0.2) is 0 Å². The van der Waals surface area contributed by atoms with Crippen LogP contribution in [0.15, 0.2) is 33.7 Å². The molecule has 0 amide bonds. The Labute approximate surface area is 148 Å². The maximum atomic E-state index is 12.2. The van der Waals surface area contributed by atoms with E-state index >= 15 is 0 Å². The second-order valence-electron chi connectivity index (χ2n) is 5.82. The maximum Gasteiger partial charge on any atom is 0.390 e. The molecule has 1 heterocycles. The standard InChI is InChI=1S/C16H22BrF3N4/c1-21-15(22-8-7-16(18,19)20)23-10-12-6-9-24(11-12)14-4-2-13(17)3-5-14/h2-5,12H,6-11H2,1H3,(H2,21,22,23). The van der Waals surface area contributed by atoms with E-state index in [1.54, 1.807) is 7.05 Å². The van der Waals surface area contributed by atoms with Crippen LogP contribution in [0.3, 0.4) is 0 Å². The number of alkyl halides is 3. The van der Waals surface area contributed by atoms with E-state index in [0.717, 1.165) is 24.0 Å². The summed E-state index contributed by atoms with van der Waals surface area (Å²) in [5.74, 6) is 0.858. The van der Waals surface area contributed by atoms with E-state index in [0.29, 0.717) is 18.4 Å². The highest BCUT2D eigenvalue weighted by Crippen LogP contribution is 2.25. The Bertz CT molecular complexity index is 545. The molecule has 0 aliphatic carbocycles. The van der Waals surface area contributed by atoms with Crippen LogP contribution in [-0.2, 0) is 0 Å². The van der Waals surface area contributed by atoms with Crippen molar-refractivity contribution < 1.29 is 13.2 Å². The molecule has 1 aromatic rings. The molecule has 2 rings (SSSR count). The number of anilines is 1. The lowest BCUT2D eigenvalue weighted by molar-refractivity contribution is -0.132. The van der Waals surface area contributed by atoms with Crippen LogP contribution in [0.5, 0.6) is 0 Å². The Hall–Kier alpha value is -1.44. The molecule has 0 radical (unpaired) electrons. The van der Waals surface area contributed by atoms with Crippen molar-refractivity contribution in [2.75, 3.05) is 38.1 Å². The van der Waals surface area contributed by atoms with Gasteiger partial charge < -0.3 is 15.5 Å². The number of halogens is 4. The van der Waals surface area contributed by atoms with E-state index in [-0.39, 0.29) is 6.54 Å². The molecule has 0 saturated carbocycles. The Kier molecular flexibility index (Phi) is 6.77. The van der Waals surface area contributed by atoms with Crippen molar-refractivity contribution in [3.8, 4) is 0 Å². The fourth-order valence-corrected chi connectivity index (χ4v) is 2.93. The molecule has 1 aliphatic heterocycles. The summed E-state index contributed by atoms with van der Waals surface area (Å²) < 4.78 is 37.5. The zero-order chi connectivity index (χ0) is 17.6. The molecule has 2 N–H and O–H groups in total. The first-order valence-corrected chi connectivity index (χ1v) is 8.68. The van der Waals surface area contributed by atoms with Gasteiger partial charge in [-0.05, 0) is 36.6 Å². The molecule has 0 bridgehead atoms. The molecule has 1 unspecified atom stereocenters. The zero-order valence-electron chi connectivity index (χ0n) is 13.5. The summed E-state index contributed by atoms with van der Waals surface area (Å²) in [7, 11) is 1.56. The number of rotatable bonds is 5. The van der Waals surface area contributed by atoms with Crippen molar-refractivity contribution in [2.45, 2.75) is 19.0 Å². The summed E-state index contributed by atoms with van der Waals surface area (Å²) in [6.07, 6.45) is -3.97. The minimum Gasteiger partial charge on any atom is -0.371 e. The molecular weight excluding hydrogens is 385 g/mol. The lowest BCUT2D eigenvalue weighted by Gasteiger charge is -2.19. The van der Waals surface area contributed by atoms with Crippen LogP contribution in [-0.4, -0.2) is 45.4 Å². The maximum absolute atomic E-state index is 12.2. The van der Waals surface area contributed by atoms with Gasteiger partial charge >= 0.3 is 6.18 Å². The largest absolute Gasteiger partial charge is 0.390 e. The van der Waals surface area contributed by atoms with Gasteiger partial charge in [-0.1, -0.05) is 15.9 Å². The lowest BCUT2D eigenvalue weighted by atomic mass is 10.1. The summed E-state index contributed by atoms with van der Waals surface area (Å²) >= 11 is 3.43. The van der Waals surface area contributed by atoms with Crippen LogP contribution in [0.4, 0.5) is 18.9 Å². The number of benzene rings is 1. The molecule has 1 aromatic carbocycles. The lowest BCUT2D eigenvalue weighted by Crippen LogP contribution is -2.41. The normalized spacial score (nSPS) is 18.8. The van der Waals surface area contributed by atoms with E-state index in [1.165, 1.54) is 5.69 Å². The summed E-state index contributed by atoms with van der Waals surface area (Å²) in [6, 6.07) is 8.20. The van der Waals surface area contributed by atoms with Crippen molar-refractivity contribution in [3.63, 3.8) is 0 Å². The van der Waals surface area contributed by atoms with Gasteiger partial charge in [0, 0.05) is 43.4 Å². The van der Waals surface area contributed by atoms with Gasteiger partial charge in [0.2, 0.25) is 0 Å². The molecule has 1 saturated heterocycles. The summed E-state index contributed by atoms with van der Waals surface area (Å²) in [4.78, 5) is 6.28. The van der Waals surface area contributed by atoms with Gasteiger partial charge in [0.25, 0.3) is 0 Å². The Morgan fingerprint density at radius 1 is 1.29 bits per heavy atom. The highest BCUT2D eigenvalue weighted by atomic mass is 79.9. The number of aliphatic imine (C=N–C) groups is 1. The second kappa shape index (κ2) is 8.60. The van der Waals surface area contributed by atoms with Crippen LogP contribution in [0, 0.1) is 5.92 Å². The number of hydrogen-bond acceptors (Lipinski definition) is 2. The van der Waals surface area contributed by atoms with Crippen molar-refractivity contribution in [1.82, 2.24) is 10.6 Å². The third-order valence-electron chi connectivity index (χ3n) is 3.96. The number of guanidine groups is 1. The van der Waals surface area contributed by atoms with Crippen molar-refractivity contribution in [1.29, 1.82) is 0 Å². The molecule has 134 valence electrons. The van der Waals surface area contributed by atoms with Crippen LogP contribution in [0.25, 0.3) is 0 Å². The molecule has 24 heavy (non-hydrogen) atoms. The molecule has 1 atom stereocenters. The average Bonchev–Trinajstić information content (AvgIpc) is 2.99. The molecule has 1 aliphatic rings. The monoisotopic (exact) mass is 406 g/mol. The first kappa shape index (κ1) is 18.9.